The first kappa shape index (κ1) is 19.2. The van der Waals surface area contributed by atoms with Gasteiger partial charge in [0, 0.05) is 21.7 Å². The van der Waals surface area contributed by atoms with Crippen molar-refractivity contribution in [2.45, 2.75) is 0 Å². The minimum Gasteiger partial charge on any atom is 0 e. The average molecular weight is 365 g/mol. The van der Waals surface area contributed by atoms with Crippen molar-refractivity contribution in [2.24, 2.45) is 0 Å². The van der Waals surface area contributed by atoms with Crippen LogP contribution in [0.1, 0.15) is 0 Å². The largest absolute Gasteiger partial charge is 0 e. The molecule has 0 saturated carbocycles. The van der Waals surface area contributed by atoms with Crippen molar-refractivity contribution >= 4 is 64.5 Å². The molecule has 0 rings (SSSR count). The maximum absolute atomic E-state index is 9.63. The predicted molar refractivity (Wildman–Crippen MR) is 33.7 cm³/mol. The Bertz CT molecular complexity index is 157. The molecule has 11 heavy (non-hydrogen) atoms. The van der Waals surface area contributed by atoms with Crippen molar-refractivity contribution < 1.29 is 54.7 Å². The quantitative estimate of drug-likeness (QED) is 0.339. The van der Waals surface area contributed by atoms with E-state index < -0.39 is 15.6 Å². The molecular formula is H6BaO7P2Ti. The van der Waals surface area contributed by atoms with Crippen molar-refractivity contribution in [1.29, 1.82) is 0 Å². The van der Waals surface area contributed by atoms with E-state index in [4.69, 9.17) is 19.6 Å². The topological polar surface area (TPSA) is 124 Å². The van der Waals surface area contributed by atoms with Gasteiger partial charge in [0.25, 0.3) is 0 Å². The van der Waals surface area contributed by atoms with Crippen molar-refractivity contribution in [1.82, 2.24) is 0 Å². The molecule has 0 aromatic carbocycles. The van der Waals surface area contributed by atoms with E-state index in [1.165, 1.54) is 0 Å². The maximum Gasteiger partial charge on any atom is 0 e. The van der Waals surface area contributed by atoms with Crippen LogP contribution < -0.4 is 0 Å². The van der Waals surface area contributed by atoms with Gasteiger partial charge in [0.2, 0.25) is 0 Å². The monoisotopic (exact) mass is 366 g/mol. The summed E-state index contributed by atoms with van der Waals surface area (Å²) in [5.41, 5.74) is 0. The van der Waals surface area contributed by atoms with Crippen molar-refractivity contribution in [2.75, 3.05) is 0 Å². The zero-order valence-corrected chi connectivity index (χ0v) is 7.76. The van der Waals surface area contributed by atoms with E-state index in [0.29, 0.717) is 0 Å². The summed E-state index contributed by atoms with van der Waals surface area (Å²) < 4.78 is 22.2. The first-order valence-electron chi connectivity index (χ1n) is 1.53. The molecule has 0 heterocycles. The number of hydrogen-bond donors (Lipinski definition) is 4. The second kappa shape index (κ2) is 6.92. The third kappa shape index (κ3) is 19.1. The third-order valence-corrected chi connectivity index (χ3v) is 1.91. The molecular weight excluding hydrogens is 359 g/mol. The van der Waals surface area contributed by atoms with E-state index in [1.54, 1.807) is 0 Å². The smallest absolute Gasteiger partial charge is 0 e. The molecule has 0 aromatic rings. The van der Waals surface area contributed by atoms with Crippen LogP contribution in [0.4, 0.5) is 0 Å². The fourth-order valence-corrected chi connectivity index (χ4v) is 1.25. The Labute approximate surface area is 117 Å². The molecule has 7 nitrogen and oxygen atoms in total. The van der Waals surface area contributed by atoms with Gasteiger partial charge in [-0.25, -0.2) is 9.13 Å². The van der Waals surface area contributed by atoms with Crippen LogP contribution in [-0.2, 0) is 35.2 Å². The summed E-state index contributed by atoms with van der Waals surface area (Å²) in [5, 5.41) is 0. The molecule has 0 atom stereocenters. The summed E-state index contributed by atoms with van der Waals surface area (Å²) >= 11 is 0. The van der Waals surface area contributed by atoms with Crippen LogP contribution in [0.15, 0.2) is 0 Å². The van der Waals surface area contributed by atoms with Gasteiger partial charge in [-0.05, 0) is 0 Å². The number of phosphoric acid groups is 2. The molecule has 0 radical (unpaired) electrons. The summed E-state index contributed by atoms with van der Waals surface area (Å²) in [4.78, 5) is 31.0. The Balaban J connectivity index is -0.000000320. The minimum atomic E-state index is -5.05. The van der Waals surface area contributed by atoms with Crippen molar-refractivity contribution in [3.8, 4) is 0 Å². The van der Waals surface area contributed by atoms with E-state index in [9.17, 15) is 9.13 Å². The van der Waals surface area contributed by atoms with Gasteiger partial charge in [-0.2, -0.15) is 4.31 Å². The van der Waals surface area contributed by atoms with E-state index in [0.717, 1.165) is 0 Å². The van der Waals surface area contributed by atoms with Crippen LogP contribution in [0.5, 0.6) is 0 Å². The van der Waals surface area contributed by atoms with Gasteiger partial charge >= 0.3 is 64.5 Å². The van der Waals surface area contributed by atoms with Gasteiger partial charge in [0.1, 0.15) is 0 Å². The van der Waals surface area contributed by atoms with Gasteiger partial charge in [-0.3, -0.25) is 0 Å². The SMILES string of the molecule is O=P(O)(O)OP(=O)(O)O.[BaH2].[Ti]. The Morgan fingerprint density at radius 2 is 1.09 bits per heavy atom. The molecule has 11 heteroatoms. The number of hydrogen-bond acceptors (Lipinski definition) is 3. The summed E-state index contributed by atoms with van der Waals surface area (Å²) in [5.74, 6) is 0. The van der Waals surface area contributed by atoms with Gasteiger partial charge in [-0.15, -0.1) is 0 Å². The molecule has 0 aliphatic carbocycles. The average Bonchev–Trinajstić information content (AvgIpc) is 1.14. The van der Waals surface area contributed by atoms with Gasteiger partial charge in [0.15, 0.2) is 0 Å². The Morgan fingerprint density at radius 1 is 0.909 bits per heavy atom. The number of rotatable bonds is 2. The fraction of sp³-hybridized carbons (Fsp3) is 0. The molecule has 0 bridgehead atoms. The maximum atomic E-state index is 9.63. The summed E-state index contributed by atoms with van der Waals surface area (Å²) in [6.07, 6.45) is 0. The summed E-state index contributed by atoms with van der Waals surface area (Å²) in [6.45, 7) is 0. The molecule has 0 aliphatic rings. The molecule has 0 aromatic heterocycles. The van der Waals surface area contributed by atoms with Crippen LogP contribution in [0.2, 0.25) is 0 Å². The molecule has 64 valence electrons. The fourth-order valence-electron chi connectivity index (χ4n) is 0.139. The Hall–Kier alpha value is 2.55. The molecule has 0 spiro atoms. The normalized spacial score (nSPS) is 11.3. The van der Waals surface area contributed by atoms with Crippen molar-refractivity contribution in [3.63, 3.8) is 0 Å². The van der Waals surface area contributed by atoms with E-state index >= 15 is 0 Å². The van der Waals surface area contributed by atoms with Crippen LogP contribution in [0.3, 0.4) is 0 Å². The second-order valence-electron chi connectivity index (χ2n) is 1.06. The molecule has 4 N–H and O–H groups in total. The van der Waals surface area contributed by atoms with E-state index in [-0.39, 0.29) is 70.6 Å². The zero-order valence-electron chi connectivity index (χ0n) is 4.41. The van der Waals surface area contributed by atoms with Crippen LogP contribution in [-0.4, -0.2) is 68.5 Å². The van der Waals surface area contributed by atoms with Crippen molar-refractivity contribution in [3.05, 3.63) is 0 Å². The molecule has 0 unspecified atom stereocenters. The molecule has 0 saturated heterocycles. The zero-order chi connectivity index (χ0) is 7.71. The van der Waals surface area contributed by atoms with Gasteiger partial charge < -0.3 is 19.6 Å². The molecule has 0 aliphatic heterocycles. The van der Waals surface area contributed by atoms with Crippen LogP contribution >= 0.6 is 15.6 Å². The molecule has 0 fully saturated rings. The van der Waals surface area contributed by atoms with Gasteiger partial charge in [0.05, 0.1) is 0 Å². The van der Waals surface area contributed by atoms with Crippen LogP contribution in [0, 0.1) is 0 Å². The predicted octanol–water partition coefficient (Wildman–Crippen LogP) is -1.73. The van der Waals surface area contributed by atoms with E-state index in [2.05, 4.69) is 4.31 Å². The first-order valence-corrected chi connectivity index (χ1v) is 4.59. The van der Waals surface area contributed by atoms with Crippen LogP contribution in [0.25, 0.3) is 0 Å². The standard InChI is InChI=1S/Ba.H4O7P2.Ti.2H/c;1-8(2,3)7-9(4,5)6;;;/h;(H2,1,2,3)(H2,4,5,6);;;. The third-order valence-electron chi connectivity index (χ3n) is 0.213. The summed E-state index contributed by atoms with van der Waals surface area (Å²) in [6, 6.07) is 0. The summed E-state index contributed by atoms with van der Waals surface area (Å²) in [7, 11) is -10.1. The Morgan fingerprint density at radius 3 is 1.09 bits per heavy atom. The Kier molecular flexibility index (Phi) is 12.1. The minimum absolute atomic E-state index is 0. The molecule has 0 amide bonds. The second-order valence-corrected chi connectivity index (χ2v) is 3.68. The van der Waals surface area contributed by atoms with Gasteiger partial charge in [-0.1, -0.05) is 0 Å². The first-order chi connectivity index (χ1) is 3.71. The van der Waals surface area contributed by atoms with E-state index in [1.807, 2.05) is 0 Å².